The van der Waals surface area contributed by atoms with E-state index in [1.165, 1.54) is 16.5 Å². The molecule has 2 aromatic rings. The Kier molecular flexibility index (Phi) is 2.41. The molecular formula is C11H10FNO2. The number of carbonyl (C=O) groups is 1. The molecule has 0 atom stereocenters. The molecule has 0 aliphatic rings. The highest BCUT2D eigenvalue weighted by molar-refractivity contribution is 5.88. The number of nitrogens with zero attached hydrogens (tertiary/aromatic N) is 1. The Morgan fingerprint density at radius 1 is 1.47 bits per heavy atom. The zero-order chi connectivity index (χ0) is 10.8. The molecule has 0 fully saturated rings. The summed E-state index contributed by atoms with van der Waals surface area (Å²) in [6.07, 6.45) is 1.63. The van der Waals surface area contributed by atoms with Gasteiger partial charge in [0.1, 0.15) is 11.5 Å². The van der Waals surface area contributed by atoms with E-state index >= 15 is 0 Å². The largest absolute Gasteiger partial charge is 0.461 e. The lowest BCUT2D eigenvalue weighted by Gasteiger charge is -2.05. The van der Waals surface area contributed by atoms with Gasteiger partial charge >= 0.3 is 5.97 Å². The van der Waals surface area contributed by atoms with Crippen molar-refractivity contribution in [2.24, 2.45) is 0 Å². The molecule has 0 saturated heterocycles. The minimum atomic E-state index is -0.446. The molecule has 78 valence electrons. The third kappa shape index (κ3) is 1.58. The van der Waals surface area contributed by atoms with Gasteiger partial charge in [-0.1, -0.05) is 0 Å². The third-order valence-electron chi connectivity index (χ3n) is 2.13. The molecule has 0 N–H and O–H groups in total. The predicted molar refractivity (Wildman–Crippen MR) is 53.3 cm³/mol. The van der Waals surface area contributed by atoms with Crippen LogP contribution in [0.3, 0.4) is 0 Å². The van der Waals surface area contributed by atoms with Crippen molar-refractivity contribution in [1.29, 1.82) is 0 Å². The Morgan fingerprint density at radius 3 is 3.00 bits per heavy atom. The van der Waals surface area contributed by atoms with E-state index in [2.05, 4.69) is 0 Å². The number of halogens is 1. The molecule has 0 spiro atoms. The Labute approximate surface area is 86.1 Å². The lowest BCUT2D eigenvalue weighted by Crippen LogP contribution is -2.10. The van der Waals surface area contributed by atoms with Gasteiger partial charge < -0.3 is 9.14 Å². The predicted octanol–water partition coefficient (Wildman–Crippen LogP) is 2.26. The molecule has 0 unspecified atom stereocenters. The average Bonchev–Trinajstić information content (AvgIpc) is 2.68. The van der Waals surface area contributed by atoms with Crippen molar-refractivity contribution >= 4 is 11.5 Å². The maximum atomic E-state index is 13.3. The molecule has 2 rings (SSSR count). The van der Waals surface area contributed by atoms with Crippen molar-refractivity contribution in [2.45, 2.75) is 6.92 Å². The minimum Gasteiger partial charge on any atom is -0.461 e. The zero-order valence-corrected chi connectivity index (χ0v) is 8.24. The van der Waals surface area contributed by atoms with Crippen LogP contribution in [0.2, 0.25) is 0 Å². The second kappa shape index (κ2) is 3.73. The molecule has 0 amide bonds. The van der Waals surface area contributed by atoms with E-state index in [0.29, 0.717) is 17.8 Å². The van der Waals surface area contributed by atoms with E-state index in [4.69, 9.17) is 4.74 Å². The quantitative estimate of drug-likeness (QED) is 0.707. The maximum absolute atomic E-state index is 13.3. The number of fused-ring (bicyclic) bond motifs is 1. The van der Waals surface area contributed by atoms with Gasteiger partial charge in [0.2, 0.25) is 0 Å². The first-order chi connectivity index (χ1) is 7.24. The summed E-state index contributed by atoms with van der Waals surface area (Å²) in [5.41, 5.74) is 0.707. The number of esters is 1. The van der Waals surface area contributed by atoms with Crippen LogP contribution in [-0.4, -0.2) is 17.0 Å². The number of hydrogen-bond donors (Lipinski definition) is 0. The second-order valence-corrected chi connectivity index (χ2v) is 3.05. The first-order valence-electron chi connectivity index (χ1n) is 4.66. The summed E-state index contributed by atoms with van der Waals surface area (Å²) in [6, 6.07) is 5.97. The molecule has 4 heteroatoms. The number of hydrogen-bond acceptors (Lipinski definition) is 2. The van der Waals surface area contributed by atoms with Gasteiger partial charge in [0.25, 0.3) is 0 Å². The first kappa shape index (κ1) is 9.71. The van der Waals surface area contributed by atoms with Crippen molar-refractivity contribution in [3.63, 3.8) is 0 Å². The Balaban J connectivity index is 2.57. The van der Waals surface area contributed by atoms with Crippen LogP contribution in [0.4, 0.5) is 4.39 Å². The van der Waals surface area contributed by atoms with Gasteiger partial charge in [-0.25, -0.2) is 9.18 Å². The summed E-state index contributed by atoms with van der Waals surface area (Å²) < 4.78 is 19.6. The number of carbonyl (C=O) groups excluding carboxylic acids is 1. The molecule has 0 aromatic carbocycles. The van der Waals surface area contributed by atoms with Crippen LogP contribution < -0.4 is 0 Å². The third-order valence-corrected chi connectivity index (χ3v) is 2.13. The topological polar surface area (TPSA) is 30.7 Å². The molecule has 0 bridgehead atoms. The summed E-state index contributed by atoms with van der Waals surface area (Å²) >= 11 is 0. The minimum absolute atomic E-state index is 0.305. The van der Waals surface area contributed by atoms with Crippen molar-refractivity contribution in [1.82, 2.24) is 4.40 Å². The molecular weight excluding hydrogens is 197 g/mol. The van der Waals surface area contributed by atoms with E-state index in [0.717, 1.165) is 0 Å². The molecule has 3 nitrogen and oxygen atoms in total. The summed E-state index contributed by atoms with van der Waals surface area (Å²) in [7, 11) is 0. The number of pyridine rings is 1. The van der Waals surface area contributed by atoms with Gasteiger partial charge in [-0.05, 0) is 31.2 Å². The molecule has 0 saturated carbocycles. The lowest BCUT2D eigenvalue weighted by molar-refractivity contribution is 0.0517. The van der Waals surface area contributed by atoms with Crippen molar-refractivity contribution in [3.05, 3.63) is 42.0 Å². The van der Waals surface area contributed by atoms with Crippen LogP contribution in [-0.2, 0) is 4.74 Å². The van der Waals surface area contributed by atoms with E-state index in [1.54, 1.807) is 25.3 Å². The van der Waals surface area contributed by atoms with Crippen molar-refractivity contribution in [3.8, 4) is 0 Å². The van der Waals surface area contributed by atoms with E-state index in [1.807, 2.05) is 0 Å². The summed E-state index contributed by atoms with van der Waals surface area (Å²) in [6.45, 7) is 2.03. The smallest absolute Gasteiger partial charge is 0.355 e. The normalized spacial score (nSPS) is 10.5. The summed E-state index contributed by atoms with van der Waals surface area (Å²) in [4.78, 5) is 11.5. The van der Waals surface area contributed by atoms with Crippen LogP contribution >= 0.6 is 0 Å². The Bertz CT molecular complexity index is 504. The highest BCUT2D eigenvalue weighted by atomic mass is 19.1. The summed E-state index contributed by atoms with van der Waals surface area (Å²) in [5, 5.41) is 0. The highest BCUT2D eigenvalue weighted by Gasteiger charge is 2.12. The van der Waals surface area contributed by atoms with Crippen molar-refractivity contribution < 1.29 is 13.9 Å². The number of rotatable bonds is 2. The summed E-state index contributed by atoms with van der Waals surface area (Å²) in [5.74, 6) is -0.799. The molecule has 15 heavy (non-hydrogen) atoms. The molecule has 0 aliphatic carbocycles. The van der Waals surface area contributed by atoms with E-state index in [9.17, 15) is 9.18 Å². The van der Waals surface area contributed by atoms with E-state index in [-0.39, 0.29) is 5.82 Å². The van der Waals surface area contributed by atoms with Gasteiger partial charge in [0, 0.05) is 6.20 Å². The fraction of sp³-hybridized carbons (Fsp3) is 0.182. The number of ether oxygens (including phenoxy) is 1. The highest BCUT2D eigenvalue weighted by Crippen LogP contribution is 2.14. The Hall–Kier alpha value is -1.84. The van der Waals surface area contributed by atoms with Crippen LogP contribution in [0.15, 0.2) is 30.5 Å². The first-order valence-corrected chi connectivity index (χ1v) is 4.66. The fourth-order valence-electron chi connectivity index (χ4n) is 1.47. The average molecular weight is 207 g/mol. The molecule has 0 aliphatic heterocycles. The van der Waals surface area contributed by atoms with Crippen LogP contribution in [0.1, 0.15) is 17.4 Å². The maximum Gasteiger partial charge on any atom is 0.355 e. The number of aromatic nitrogens is 1. The van der Waals surface area contributed by atoms with Gasteiger partial charge in [-0.3, -0.25) is 0 Å². The molecule has 2 heterocycles. The monoisotopic (exact) mass is 207 g/mol. The standard InChI is InChI=1S/C11H10FNO2/c1-2-15-11(14)10-6-5-8(12)9-4-3-7-13(9)10/h3-7H,2H2,1H3. The van der Waals surface area contributed by atoms with Crippen LogP contribution in [0.5, 0.6) is 0 Å². The fourth-order valence-corrected chi connectivity index (χ4v) is 1.47. The lowest BCUT2D eigenvalue weighted by atomic mass is 10.3. The second-order valence-electron chi connectivity index (χ2n) is 3.05. The molecule has 0 radical (unpaired) electrons. The van der Waals surface area contributed by atoms with Gasteiger partial charge in [0.15, 0.2) is 0 Å². The van der Waals surface area contributed by atoms with Gasteiger partial charge in [-0.2, -0.15) is 0 Å². The van der Waals surface area contributed by atoms with Gasteiger partial charge in [0.05, 0.1) is 12.1 Å². The van der Waals surface area contributed by atoms with E-state index < -0.39 is 5.97 Å². The molecule has 2 aromatic heterocycles. The zero-order valence-electron chi connectivity index (χ0n) is 8.24. The van der Waals surface area contributed by atoms with Gasteiger partial charge in [-0.15, -0.1) is 0 Å². The van der Waals surface area contributed by atoms with Crippen molar-refractivity contribution in [2.75, 3.05) is 6.61 Å². The van der Waals surface area contributed by atoms with Crippen LogP contribution in [0.25, 0.3) is 5.52 Å². The van der Waals surface area contributed by atoms with Crippen LogP contribution in [0, 0.1) is 5.82 Å². The SMILES string of the molecule is CCOC(=O)c1ccc(F)c2cccn12. The Morgan fingerprint density at radius 2 is 2.27 bits per heavy atom.